The van der Waals surface area contributed by atoms with Crippen molar-refractivity contribution in [3.63, 3.8) is 0 Å². The summed E-state index contributed by atoms with van der Waals surface area (Å²) in [7, 11) is 0. The molecule has 0 fully saturated rings. The van der Waals surface area contributed by atoms with Crippen molar-refractivity contribution in [1.29, 1.82) is 0 Å². The zero-order valence-electron chi connectivity index (χ0n) is 17.0. The zero-order chi connectivity index (χ0) is 21.2. The molecule has 0 bridgehead atoms. The molecule has 7 heteroatoms. The molecule has 0 heterocycles. The van der Waals surface area contributed by atoms with E-state index in [2.05, 4.69) is 23.7 Å². The van der Waals surface area contributed by atoms with Gasteiger partial charge in [-0.05, 0) is 24.6 Å². The second-order valence-corrected chi connectivity index (χ2v) is 5.88. The molecule has 0 saturated carbocycles. The molecule has 29 heavy (non-hydrogen) atoms. The lowest BCUT2D eigenvalue weighted by atomic mass is 10.1. The van der Waals surface area contributed by atoms with Crippen molar-refractivity contribution in [2.45, 2.75) is 13.0 Å². The standard InChI is InChI=1S/C22H31NO6/c1-3-5-21(24)19-6-8-20(9-7-19)22(25)23-10-12-27-14-16-29-18-17-28-15-13-26-11-4-2/h4,6-9,21,24H,2,10-18H2,1H3,(H,23,25). The number of ether oxygens (including phenoxy) is 4. The lowest BCUT2D eigenvalue weighted by Crippen LogP contribution is -2.27. The molecule has 0 aliphatic heterocycles. The molecule has 0 aliphatic rings. The zero-order valence-corrected chi connectivity index (χ0v) is 17.0. The van der Waals surface area contributed by atoms with Crippen molar-refractivity contribution in [1.82, 2.24) is 5.32 Å². The van der Waals surface area contributed by atoms with Gasteiger partial charge in [0.1, 0.15) is 6.10 Å². The van der Waals surface area contributed by atoms with E-state index in [1.807, 2.05) is 0 Å². The molecule has 1 rings (SSSR count). The van der Waals surface area contributed by atoms with E-state index in [0.29, 0.717) is 70.5 Å². The average Bonchev–Trinajstić information content (AvgIpc) is 2.74. The summed E-state index contributed by atoms with van der Waals surface area (Å²) in [5, 5.41) is 12.6. The molecule has 1 aromatic carbocycles. The lowest BCUT2D eigenvalue weighted by molar-refractivity contribution is 0.00136. The summed E-state index contributed by atoms with van der Waals surface area (Å²) in [6.07, 6.45) is 0.859. The smallest absolute Gasteiger partial charge is 0.251 e. The second-order valence-electron chi connectivity index (χ2n) is 5.88. The first kappa shape index (κ1) is 24.8. The number of hydrogen-bond donors (Lipinski definition) is 2. The summed E-state index contributed by atoms with van der Waals surface area (Å²) >= 11 is 0. The summed E-state index contributed by atoms with van der Waals surface area (Å²) in [6, 6.07) is 6.70. The van der Waals surface area contributed by atoms with E-state index in [-0.39, 0.29) is 5.91 Å². The van der Waals surface area contributed by atoms with Crippen LogP contribution in [0.25, 0.3) is 0 Å². The van der Waals surface area contributed by atoms with Crippen LogP contribution in [-0.4, -0.2) is 70.4 Å². The first-order chi connectivity index (χ1) is 14.2. The second kappa shape index (κ2) is 16.7. The number of carbonyl (C=O) groups excluding carboxylic acids is 1. The van der Waals surface area contributed by atoms with Gasteiger partial charge in [0, 0.05) is 12.1 Å². The summed E-state index contributed by atoms with van der Waals surface area (Å²) in [6.45, 7) is 9.55. The predicted octanol–water partition coefficient (Wildman–Crippen LogP) is 1.73. The number of rotatable bonds is 16. The van der Waals surface area contributed by atoms with E-state index < -0.39 is 6.10 Å². The van der Waals surface area contributed by atoms with Gasteiger partial charge in [0.2, 0.25) is 0 Å². The van der Waals surface area contributed by atoms with Gasteiger partial charge in [-0.25, -0.2) is 0 Å². The highest BCUT2D eigenvalue weighted by Crippen LogP contribution is 2.12. The van der Waals surface area contributed by atoms with E-state index >= 15 is 0 Å². The third kappa shape index (κ3) is 12.1. The molecule has 0 aromatic heterocycles. The molecule has 0 saturated heterocycles. The maximum atomic E-state index is 12.1. The van der Waals surface area contributed by atoms with Crippen LogP contribution in [0.5, 0.6) is 0 Å². The van der Waals surface area contributed by atoms with Crippen LogP contribution in [0.15, 0.2) is 36.9 Å². The molecule has 1 amide bonds. The van der Waals surface area contributed by atoms with Crippen molar-refractivity contribution < 1.29 is 28.8 Å². The summed E-state index contributed by atoms with van der Waals surface area (Å²) in [5.41, 5.74) is 1.18. The number of amides is 1. The minimum Gasteiger partial charge on any atom is -0.377 e. The van der Waals surface area contributed by atoms with Gasteiger partial charge in [0.05, 0.1) is 52.9 Å². The van der Waals surface area contributed by atoms with E-state index in [9.17, 15) is 9.90 Å². The Bertz CT molecular complexity index is 635. The van der Waals surface area contributed by atoms with E-state index in [4.69, 9.17) is 18.9 Å². The van der Waals surface area contributed by atoms with Crippen molar-refractivity contribution in [2.24, 2.45) is 0 Å². The number of benzene rings is 1. The number of nitrogens with one attached hydrogen (secondary N) is 1. The van der Waals surface area contributed by atoms with Gasteiger partial charge in [-0.2, -0.15) is 0 Å². The fourth-order valence-corrected chi connectivity index (χ4v) is 2.20. The fraction of sp³-hybridized carbons (Fsp3) is 0.500. The average molecular weight is 405 g/mol. The first-order valence-corrected chi connectivity index (χ1v) is 9.59. The fourth-order valence-electron chi connectivity index (χ4n) is 2.20. The number of carbonyl (C=O) groups is 1. The Labute approximate surface area is 173 Å². The van der Waals surface area contributed by atoms with Gasteiger partial charge in [-0.15, -0.1) is 12.5 Å². The third-order valence-corrected chi connectivity index (χ3v) is 3.65. The number of aliphatic hydroxyl groups excluding tert-OH is 1. The van der Waals surface area contributed by atoms with Gasteiger partial charge in [-0.1, -0.05) is 24.1 Å². The molecule has 2 N–H and O–H groups in total. The third-order valence-electron chi connectivity index (χ3n) is 3.65. The highest BCUT2D eigenvalue weighted by Gasteiger charge is 2.07. The molecule has 1 unspecified atom stereocenters. The lowest BCUT2D eigenvalue weighted by Gasteiger charge is -2.09. The van der Waals surface area contributed by atoms with E-state index in [0.717, 1.165) is 0 Å². The van der Waals surface area contributed by atoms with E-state index in [1.165, 1.54) is 0 Å². The van der Waals surface area contributed by atoms with Gasteiger partial charge in [0.15, 0.2) is 0 Å². The topological polar surface area (TPSA) is 86.3 Å². The maximum Gasteiger partial charge on any atom is 0.251 e. The van der Waals surface area contributed by atoms with Crippen LogP contribution in [0.3, 0.4) is 0 Å². The Hall–Kier alpha value is -2.21. The monoisotopic (exact) mass is 405 g/mol. The Kier molecular flexibility index (Phi) is 14.3. The summed E-state index contributed by atoms with van der Waals surface area (Å²) in [5.74, 6) is 5.12. The van der Waals surface area contributed by atoms with Crippen molar-refractivity contribution in [3.8, 4) is 11.8 Å². The van der Waals surface area contributed by atoms with Crippen LogP contribution in [0.2, 0.25) is 0 Å². The van der Waals surface area contributed by atoms with Crippen LogP contribution in [0.1, 0.15) is 28.9 Å². The summed E-state index contributed by atoms with van der Waals surface area (Å²) < 4.78 is 21.3. The molecule has 0 aliphatic carbocycles. The Morgan fingerprint density at radius 2 is 1.59 bits per heavy atom. The van der Waals surface area contributed by atoms with Crippen LogP contribution < -0.4 is 5.32 Å². The predicted molar refractivity (Wildman–Crippen MR) is 111 cm³/mol. The molecular weight excluding hydrogens is 374 g/mol. The van der Waals surface area contributed by atoms with Gasteiger partial charge >= 0.3 is 0 Å². The van der Waals surface area contributed by atoms with Crippen molar-refractivity contribution >= 4 is 5.91 Å². The molecule has 7 nitrogen and oxygen atoms in total. The molecule has 1 atom stereocenters. The molecular formula is C22H31NO6. The maximum absolute atomic E-state index is 12.1. The largest absolute Gasteiger partial charge is 0.377 e. The van der Waals surface area contributed by atoms with Crippen LogP contribution >= 0.6 is 0 Å². The molecule has 0 radical (unpaired) electrons. The highest BCUT2D eigenvalue weighted by atomic mass is 16.6. The van der Waals surface area contributed by atoms with E-state index in [1.54, 1.807) is 37.3 Å². The molecule has 1 aromatic rings. The highest BCUT2D eigenvalue weighted by molar-refractivity contribution is 5.94. The normalized spacial score (nSPS) is 11.4. The number of hydrogen-bond acceptors (Lipinski definition) is 6. The molecule has 0 spiro atoms. The minimum atomic E-state index is -0.837. The Morgan fingerprint density at radius 1 is 1.03 bits per heavy atom. The van der Waals surface area contributed by atoms with Crippen LogP contribution in [0, 0.1) is 11.8 Å². The SMILES string of the molecule is C=CCOCCOCCOCCOCCNC(=O)c1ccc(C(O)C#CC)cc1. The van der Waals surface area contributed by atoms with Crippen LogP contribution in [0.4, 0.5) is 0 Å². The van der Waals surface area contributed by atoms with Crippen molar-refractivity contribution in [3.05, 3.63) is 48.0 Å². The van der Waals surface area contributed by atoms with Crippen LogP contribution in [-0.2, 0) is 18.9 Å². The van der Waals surface area contributed by atoms with Gasteiger partial charge in [0.25, 0.3) is 5.91 Å². The Balaban J connectivity index is 2.00. The van der Waals surface area contributed by atoms with Gasteiger partial charge < -0.3 is 29.4 Å². The quantitative estimate of drug-likeness (QED) is 0.247. The number of aliphatic hydroxyl groups is 1. The minimum absolute atomic E-state index is 0.193. The van der Waals surface area contributed by atoms with Crippen molar-refractivity contribution in [2.75, 3.05) is 59.4 Å². The van der Waals surface area contributed by atoms with Gasteiger partial charge in [-0.3, -0.25) is 4.79 Å². The molecule has 160 valence electrons. The first-order valence-electron chi connectivity index (χ1n) is 9.59. The summed E-state index contributed by atoms with van der Waals surface area (Å²) in [4.78, 5) is 12.1. The Morgan fingerprint density at radius 3 is 2.14 bits per heavy atom.